The number of nitrogens with zero attached hydrogens (tertiary/aromatic N) is 2. The van der Waals surface area contributed by atoms with Gasteiger partial charge in [0.25, 0.3) is 0 Å². The van der Waals surface area contributed by atoms with E-state index in [0.717, 1.165) is 0 Å². The van der Waals surface area contributed by atoms with E-state index >= 15 is 0 Å². The first-order valence-corrected chi connectivity index (χ1v) is 7.03. The average molecular weight is 245 g/mol. The Morgan fingerprint density at radius 2 is 1.61 bits per heavy atom. The molecule has 1 aromatic carbocycles. The number of hydrogen-bond acceptors (Lipinski definition) is 1. The summed E-state index contributed by atoms with van der Waals surface area (Å²) in [4.78, 5) is 0. The number of rotatable bonds is 3. The highest BCUT2D eigenvalue weighted by atomic mass is 15.6. The Bertz CT molecular complexity index is 395. The first kappa shape index (κ1) is 13.3. The Balaban J connectivity index is 2.31. The van der Waals surface area contributed by atoms with Crippen LogP contribution < -0.4 is 0 Å². The summed E-state index contributed by atoms with van der Waals surface area (Å²) >= 11 is 0. The fourth-order valence-corrected chi connectivity index (χ4v) is 2.68. The topological polar surface area (TPSA) is 12.4 Å². The van der Waals surface area contributed by atoms with Gasteiger partial charge in [0.2, 0.25) is 0 Å². The Morgan fingerprint density at radius 1 is 1.00 bits per heavy atom. The van der Waals surface area contributed by atoms with Gasteiger partial charge in [0, 0.05) is 11.5 Å². The minimum absolute atomic E-state index is 0.651. The number of benzene rings is 1. The van der Waals surface area contributed by atoms with Crippen molar-refractivity contribution >= 4 is 5.71 Å². The minimum Gasteiger partial charge on any atom is -0.205 e. The smallest absolute Gasteiger partial charge is 0.106 e. The average Bonchev–Trinajstić information content (AvgIpc) is 2.37. The standard InChI is InChI=1S/C16H25N2/c1-18(2,3)17-16(14-10-6-4-7-11-14)15-12-8-5-9-13-15/h4,6-7,10-11,15H,5,8-9,12-13H2,1-3H3/q+1. The van der Waals surface area contributed by atoms with Gasteiger partial charge in [-0.15, -0.1) is 0 Å². The van der Waals surface area contributed by atoms with E-state index in [4.69, 9.17) is 5.10 Å². The van der Waals surface area contributed by atoms with E-state index in [9.17, 15) is 0 Å². The van der Waals surface area contributed by atoms with E-state index in [2.05, 4.69) is 51.5 Å². The van der Waals surface area contributed by atoms with Gasteiger partial charge in [-0.3, -0.25) is 0 Å². The third kappa shape index (κ3) is 3.67. The van der Waals surface area contributed by atoms with Crippen molar-refractivity contribution in [3.63, 3.8) is 0 Å². The van der Waals surface area contributed by atoms with Crippen LogP contribution in [0.2, 0.25) is 0 Å². The monoisotopic (exact) mass is 245 g/mol. The van der Waals surface area contributed by atoms with Gasteiger partial charge in [0.1, 0.15) is 5.71 Å². The molecule has 0 radical (unpaired) electrons. The van der Waals surface area contributed by atoms with Crippen LogP contribution in [0.3, 0.4) is 0 Å². The normalized spacial score (nSPS) is 18.9. The van der Waals surface area contributed by atoms with Gasteiger partial charge in [-0.25, -0.2) is 4.59 Å². The van der Waals surface area contributed by atoms with Crippen molar-refractivity contribution in [3.8, 4) is 0 Å². The van der Waals surface area contributed by atoms with E-state index in [0.29, 0.717) is 10.5 Å². The van der Waals surface area contributed by atoms with Gasteiger partial charge >= 0.3 is 0 Å². The predicted octanol–water partition coefficient (Wildman–Crippen LogP) is 3.68. The van der Waals surface area contributed by atoms with E-state index in [1.165, 1.54) is 43.4 Å². The third-order valence-electron chi connectivity index (χ3n) is 3.47. The van der Waals surface area contributed by atoms with Crippen molar-refractivity contribution in [2.24, 2.45) is 11.0 Å². The van der Waals surface area contributed by atoms with E-state index < -0.39 is 0 Å². The van der Waals surface area contributed by atoms with Crippen molar-refractivity contribution in [2.45, 2.75) is 32.1 Å². The van der Waals surface area contributed by atoms with Crippen LogP contribution >= 0.6 is 0 Å². The van der Waals surface area contributed by atoms with Crippen molar-refractivity contribution in [1.82, 2.24) is 0 Å². The maximum absolute atomic E-state index is 4.96. The molecule has 0 amide bonds. The Labute approximate surface area is 111 Å². The molecular weight excluding hydrogens is 220 g/mol. The van der Waals surface area contributed by atoms with Gasteiger partial charge in [-0.1, -0.05) is 54.7 Å². The van der Waals surface area contributed by atoms with Crippen LogP contribution in [0.15, 0.2) is 35.4 Å². The summed E-state index contributed by atoms with van der Waals surface area (Å²) in [5.74, 6) is 0.651. The van der Waals surface area contributed by atoms with E-state index in [1.54, 1.807) is 0 Å². The zero-order chi connectivity index (χ0) is 13.0. The molecule has 1 fully saturated rings. The lowest BCUT2D eigenvalue weighted by molar-refractivity contribution is -0.877. The SMILES string of the molecule is C[N+](C)(C)N=C(c1ccccc1)C1CCCCC1. The molecule has 0 aliphatic heterocycles. The van der Waals surface area contributed by atoms with Gasteiger partial charge in [-0.2, -0.15) is 0 Å². The predicted molar refractivity (Wildman–Crippen MR) is 77.6 cm³/mol. The van der Waals surface area contributed by atoms with Crippen LogP contribution in [0.1, 0.15) is 37.7 Å². The van der Waals surface area contributed by atoms with Gasteiger partial charge in [-0.05, 0) is 12.8 Å². The molecule has 98 valence electrons. The maximum atomic E-state index is 4.96. The number of hydrogen-bond donors (Lipinski definition) is 0. The van der Waals surface area contributed by atoms with Crippen molar-refractivity contribution in [1.29, 1.82) is 0 Å². The Morgan fingerprint density at radius 3 is 2.17 bits per heavy atom. The summed E-state index contributed by atoms with van der Waals surface area (Å²) in [7, 11) is 6.39. The van der Waals surface area contributed by atoms with Crippen LogP contribution in [0.25, 0.3) is 0 Å². The molecule has 0 bridgehead atoms. The van der Waals surface area contributed by atoms with Crippen molar-refractivity contribution in [2.75, 3.05) is 21.1 Å². The van der Waals surface area contributed by atoms with Gasteiger partial charge in [0.15, 0.2) is 0 Å². The zero-order valence-corrected chi connectivity index (χ0v) is 11.9. The van der Waals surface area contributed by atoms with Gasteiger partial charge < -0.3 is 0 Å². The molecular formula is C16H25N2+. The lowest BCUT2D eigenvalue weighted by atomic mass is 9.83. The van der Waals surface area contributed by atoms with E-state index in [1.807, 2.05) is 0 Å². The summed E-state index contributed by atoms with van der Waals surface area (Å²) in [6, 6.07) is 10.7. The second kappa shape index (κ2) is 5.66. The molecule has 0 atom stereocenters. The highest BCUT2D eigenvalue weighted by molar-refractivity contribution is 6.01. The molecule has 1 saturated carbocycles. The quantitative estimate of drug-likeness (QED) is 0.437. The van der Waals surface area contributed by atoms with Crippen LogP contribution in [-0.2, 0) is 0 Å². The lowest BCUT2D eigenvalue weighted by Gasteiger charge is -2.26. The minimum atomic E-state index is 0.651. The third-order valence-corrected chi connectivity index (χ3v) is 3.47. The van der Waals surface area contributed by atoms with Gasteiger partial charge in [0.05, 0.1) is 21.1 Å². The fraction of sp³-hybridized carbons (Fsp3) is 0.562. The largest absolute Gasteiger partial charge is 0.205 e. The maximum Gasteiger partial charge on any atom is 0.106 e. The van der Waals surface area contributed by atoms with Crippen LogP contribution in [0, 0.1) is 5.92 Å². The summed E-state index contributed by atoms with van der Waals surface area (Å²) in [5, 5.41) is 4.96. The fourth-order valence-electron chi connectivity index (χ4n) is 2.68. The molecule has 2 heteroatoms. The molecule has 0 unspecified atom stereocenters. The lowest BCUT2D eigenvalue weighted by Crippen LogP contribution is -2.32. The van der Waals surface area contributed by atoms with Crippen LogP contribution in [0.5, 0.6) is 0 Å². The van der Waals surface area contributed by atoms with Crippen LogP contribution in [0.4, 0.5) is 0 Å². The molecule has 1 aliphatic rings. The molecule has 0 aromatic heterocycles. The van der Waals surface area contributed by atoms with Crippen molar-refractivity contribution in [3.05, 3.63) is 35.9 Å². The number of quaternary nitrogens is 1. The van der Waals surface area contributed by atoms with Crippen molar-refractivity contribution < 1.29 is 4.59 Å². The second-order valence-electron chi connectivity index (χ2n) is 6.13. The molecule has 2 rings (SSSR count). The molecule has 2 nitrogen and oxygen atoms in total. The molecule has 1 aliphatic carbocycles. The summed E-state index contributed by atoms with van der Waals surface area (Å²) in [6.07, 6.45) is 6.70. The first-order chi connectivity index (χ1) is 8.56. The highest BCUT2D eigenvalue weighted by Crippen LogP contribution is 2.28. The summed E-state index contributed by atoms with van der Waals surface area (Å²) < 4.78 is 0.653. The molecule has 0 spiro atoms. The molecule has 18 heavy (non-hydrogen) atoms. The Hall–Kier alpha value is -1.15. The molecule has 1 aromatic rings. The van der Waals surface area contributed by atoms with Crippen LogP contribution in [-0.4, -0.2) is 31.4 Å². The second-order valence-corrected chi connectivity index (χ2v) is 6.13. The van der Waals surface area contributed by atoms with E-state index in [-0.39, 0.29) is 0 Å². The first-order valence-electron chi connectivity index (χ1n) is 7.03. The summed E-state index contributed by atoms with van der Waals surface area (Å²) in [6.45, 7) is 0. The Kier molecular flexibility index (Phi) is 4.18. The molecule has 0 heterocycles. The molecule has 0 N–H and O–H groups in total. The highest BCUT2D eigenvalue weighted by Gasteiger charge is 2.23. The zero-order valence-electron chi connectivity index (χ0n) is 11.9. The molecule has 0 saturated heterocycles. The summed E-state index contributed by atoms with van der Waals surface area (Å²) in [5.41, 5.74) is 2.61.